The van der Waals surface area contributed by atoms with Crippen LogP contribution in [0.5, 0.6) is 5.75 Å². The summed E-state index contributed by atoms with van der Waals surface area (Å²) in [5, 5.41) is 2.28. The molecular formula is C11H10Cl3NO4. The predicted molar refractivity (Wildman–Crippen MR) is 70.5 cm³/mol. The van der Waals surface area contributed by atoms with Crippen LogP contribution in [-0.2, 0) is 9.47 Å². The molecule has 1 aliphatic heterocycles. The van der Waals surface area contributed by atoms with Crippen LogP contribution in [0.1, 0.15) is 0 Å². The van der Waals surface area contributed by atoms with Gasteiger partial charge < -0.3 is 14.2 Å². The predicted octanol–water partition coefficient (Wildman–Crippen LogP) is 2.85. The molecule has 2 rings (SSSR count). The lowest BCUT2D eigenvalue weighted by molar-refractivity contribution is -0.170. The molecule has 1 aromatic carbocycles. The molecule has 1 aromatic rings. The Labute approximate surface area is 124 Å². The summed E-state index contributed by atoms with van der Waals surface area (Å²) in [6.45, 7) is 0.388. The standard InChI is InChI=1S/C11H10Cl3NO4/c12-10(13,14)11(17-6-7-18-11)15-9(16)19-8-4-2-1-3-5-8/h1-5H,6-7H2,(H,15,16). The van der Waals surface area contributed by atoms with Crippen molar-refractivity contribution in [2.75, 3.05) is 13.2 Å². The van der Waals surface area contributed by atoms with Crippen LogP contribution in [0.15, 0.2) is 30.3 Å². The third-order valence-corrected chi connectivity index (χ3v) is 3.03. The van der Waals surface area contributed by atoms with Gasteiger partial charge in [-0.1, -0.05) is 53.0 Å². The van der Waals surface area contributed by atoms with Gasteiger partial charge in [-0.3, -0.25) is 5.32 Å². The molecule has 19 heavy (non-hydrogen) atoms. The zero-order chi connectivity index (χ0) is 13.9. The number of nitrogens with one attached hydrogen (secondary N) is 1. The van der Waals surface area contributed by atoms with E-state index in [4.69, 9.17) is 49.0 Å². The Kier molecular flexibility index (Phi) is 4.43. The number of hydrogen-bond acceptors (Lipinski definition) is 4. The maximum atomic E-state index is 11.8. The number of halogens is 3. The monoisotopic (exact) mass is 325 g/mol. The summed E-state index contributed by atoms with van der Waals surface area (Å²) in [7, 11) is 0. The van der Waals surface area contributed by atoms with Crippen molar-refractivity contribution in [3.63, 3.8) is 0 Å². The van der Waals surface area contributed by atoms with Crippen LogP contribution < -0.4 is 10.1 Å². The van der Waals surface area contributed by atoms with Crippen LogP contribution in [0.3, 0.4) is 0 Å². The highest BCUT2D eigenvalue weighted by molar-refractivity contribution is 6.68. The Morgan fingerprint density at radius 1 is 1.21 bits per heavy atom. The van der Waals surface area contributed by atoms with Crippen molar-refractivity contribution in [3.05, 3.63) is 30.3 Å². The topological polar surface area (TPSA) is 56.8 Å². The zero-order valence-electron chi connectivity index (χ0n) is 9.57. The van der Waals surface area contributed by atoms with Crippen LogP contribution in [-0.4, -0.2) is 29.0 Å². The maximum absolute atomic E-state index is 11.8. The number of para-hydroxylation sites is 1. The van der Waals surface area contributed by atoms with Crippen molar-refractivity contribution in [2.24, 2.45) is 0 Å². The molecular weight excluding hydrogens is 316 g/mol. The van der Waals surface area contributed by atoms with Gasteiger partial charge in [0, 0.05) is 0 Å². The first-order chi connectivity index (χ1) is 8.93. The molecule has 0 aromatic heterocycles. The number of amides is 1. The van der Waals surface area contributed by atoms with E-state index in [0.29, 0.717) is 5.75 Å². The van der Waals surface area contributed by atoms with Crippen molar-refractivity contribution in [1.29, 1.82) is 0 Å². The third kappa shape index (κ3) is 3.43. The lowest BCUT2D eigenvalue weighted by Gasteiger charge is -2.33. The quantitative estimate of drug-likeness (QED) is 0.849. The molecule has 0 spiro atoms. The minimum Gasteiger partial charge on any atom is -0.410 e. The first-order valence-corrected chi connectivity index (χ1v) is 6.46. The van der Waals surface area contributed by atoms with Crippen molar-refractivity contribution in [3.8, 4) is 5.75 Å². The Bertz CT molecular complexity index is 443. The van der Waals surface area contributed by atoms with Gasteiger partial charge in [0.2, 0.25) is 0 Å². The summed E-state index contributed by atoms with van der Waals surface area (Å²) < 4.78 is 13.4. The summed E-state index contributed by atoms with van der Waals surface area (Å²) in [6, 6.07) is 8.44. The minimum absolute atomic E-state index is 0.194. The fourth-order valence-electron chi connectivity index (χ4n) is 1.47. The molecule has 104 valence electrons. The molecule has 1 fully saturated rings. The number of ether oxygens (including phenoxy) is 3. The molecule has 1 N–H and O–H groups in total. The van der Waals surface area contributed by atoms with Gasteiger partial charge in [0.05, 0.1) is 13.2 Å². The Hall–Kier alpha value is -0.720. The number of hydrogen-bond donors (Lipinski definition) is 1. The molecule has 8 heteroatoms. The number of carbonyl (C=O) groups is 1. The summed E-state index contributed by atoms with van der Waals surface area (Å²) in [4.78, 5) is 11.8. The van der Waals surface area contributed by atoms with Crippen LogP contribution in [0.25, 0.3) is 0 Å². The first-order valence-electron chi connectivity index (χ1n) is 5.33. The van der Waals surface area contributed by atoms with Crippen LogP contribution >= 0.6 is 34.8 Å². The van der Waals surface area contributed by atoms with E-state index in [-0.39, 0.29) is 13.2 Å². The molecule has 1 amide bonds. The van der Waals surface area contributed by atoms with Crippen molar-refractivity contribution in [1.82, 2.24) is 5.32 Å². The fraction of sp³-hybridized carbons (Fsp3) is 0.364. The molecule has 1 heterocycles. The smallest absolute Gasteiger partial charge is 0.410 e. The van der Waals surface area contributed by atoms with Gasteiger partial charge >= 0.3 is 12.0 Å². The molecule has 0 unspecified atom stereocenters. The van der Waals surface area contributed by atoms with E-state index in [0.717, 1.165) is 0 Å². The third-order valence-electron chi connectivity index (χ3n) is 2.29. The van der Waals surface area contributed by atoms with Crippen molar-refractivity contribution < 1.29 is 19.0 Å². The molecule has 0 saturated carbocycles. The highest BCUT2D eigenvalue weighted by atomic mass is 35.6. The second-order valence-corrected chi connectivity index (χ2v) is 5.92. The van der Waals surface area contributed by atoms with Gasteiger partial charge in [0.1, 0.15) is 5.75 Å². The Balaban J connectivity index is 2.04. The minimum atomic E-state index is -1.99. The van der Waals surface area contributed by atoms with E-state index in [1.807, 2.05) is 0 Å². The number of rotatable bonds is 2. The molecule has 1 saturated heterocycles. The van der Waals surface area contributed by atoms with Crippen LogP contribution in [0.2, 0.25) is 0 Å². The summed E-state index contributed by atoms with van der Waals surface area (Å²) >= 11 is 17.3. The molecule has 0 radical (unpaired) electrons. The number of alkyl halides is 3. The highest BCUT2D eigenvalue weighted by Crippen LogP contribution is 2.42. The van der Waals surface area contributed by atoms with Crippen molar-refractivity contribution >= 4 is 40.9 Å². The normalized spacial score (nSPS) is 18.1. The van der Waals surface area contributed by atoms with Crippen molar-refractivity contribution in [2.45, 2.75) is 9.70 Å². The number of carbonyl (C=O) groups excluding carboxylic acids is 1. The molecule has 0 atom stereocenters. The van der Waals surface area contributed by atoms with E-state index in [9.17, 15) is 4.79 Å². The highest BCUT2D eigenvalue weighted by Gasteiger charge is 2.56. The summed E-state index contributed by atoms with van der Waals surface area (Å²) in [5.74, 6) is -1.50. The van der Waals surface area contributed by atoms with Gasteiger partial charge in [0.15, 0.2) is 0 Å². The SMILES string of the molecule is O=C(NC1(C(Cl)(Cl)Cl)OCCO1)Oc1ccccc1. The lowest BCUT2D eigenvalue weighted by atomic mass is 10.3. The number of benzene rings is 1. The average Bonchev–Trinajstić information content (AvgIpc) is 2.79. The van der Waals surface area contributed by atoms with Crippen LogP contribution in [0.4, 0.5) is 4.79 Å². The van der Waals surface area contributed by atoms with Gasteiger partial charge in [-0.2, -0.15) is 0 Å². The Morgan fingerprint density at radius 2 is 1.79 bits per heavy atom. The van der Waals surface area contributed by atoms with E-state index in [1.54, 1.807) is 30.3 Å². The largest absolute Gasteiger partial charge is 0.416 e. The van der Waals surface area contributed by atoms with Gasteiger partial charge in [-0.05, 0) is 12.1 Å². The lowest BCUT2D eigenvalue weighted by Crippen LogP contribution is -2.59. The van der Waals surface area contributed by atoms with E-state index >= 15 is 0 Å². The average molecular weight is 327 g/mol. The molecule has 0 bridgehead atoms. The fourth-order valence-corrected chi connectivity index (χ4v) is 1.94. The first kappa shape index (κ1) is 14.7. The van der Waals surface area contributed by atoms with E-state index in [2.05, 4.69) is 5.32 Å². The van der Waals surface area contributed by atoms with Gasteiger partial charge in [-0.15, -0.1) is 0 Å². The Morgan fingerprint density at radius 3 is 2.32 bits per heavy atom. The van der Waals surface area contributed by atoms with E-state index < -0.39 is 15.8 Å². The summed E-state index contributed by atoms with van der Waals surface area (Å²) in [5.41, 5.74) is 0. The molecule has 1 aliphatic rings. The maximum Gasteiger partial charge on any atom is 0.416 e. The van der Waals surface area contributed by atoms with Gasteiger partial charge in [-0.25, -0.2) is 4.79 Å². The van der Waals surface area contributed by atoms with Gasteiger partial charge in [0.25, 0.3) is 3.79 Å². The van der Waals surface area contributed by atoms with Crippen LogP contribution in [0, 0.1) is 0 Å². The molecule has 5 nitrogen and oxygen atoms in total. The second kappa shape index (κ2) is 5.73. The second-order valence-electron chi connectivity index (χ2n) is 3.64. The van der Waals surface area contributed by atoms with E-state index in [1.165, 1.54) is 0 Å². The molecule has 0 aliphatic carbocycles. The summed E-state index contributed by atoms with van der Waals surface area (Å²) in [6.07, 6.45) is -0.848. The zero-order valence-corrected chi connectivity index (χ0v) is 11.8.